The number of amides is 3. The number of likely N-dealkylation sites (tertiary alicyclic amines) is 1. The lowest BCUT2D eigenvalue weighted by molar-refractivity contribution is -0.119. The van der Waals surface area contributed by atoms with Gasteiger partial charge in [0.1, 0.15) is 5.82 Å². The summed E-state index contributed by atoms with van der Waals surface area (Å²) >= 11 is 0. The minimum atomic E-state index is -0.302. The van der Waals surface area contributed by atoms with Crippen molar-refractivity contribution in [2.75, 3.05) is 37.6 Å². The first-order chi connectivity index (χ1) is 12.5. The Morgan fingerprint density at radius 2 is 1.88 bits per heavy atom. The molecule has 26 heavy (non-hydrogen) atoms. The van der Waals surface area contributed by atoms with E-state index in [-0.39, 0.29) is 23.7 Å². The maximum absolute atomic E-state index is 13.0. The first-order valence-electron chi connectivity index (χ1n) is 9.33. The van der Waals surface area contributed by atoms with Gasteiger partial charge in [-0.1, -0.05) is 0 Å². The number of benzene rings is 1. The maximum Gasteiger partial charge on any atom is 0.317 e. The summed E-state index contributed by atoms with van der Waals surface area (Å²) in [5.41, 5.74) is 6.29. The Kier molecular flexibility index (Phi) is 5.96. The minimum absolute atomic E-state index is 0.0561. The number of anilines is 1. The quantitative estimate of drug-likeness (QED) is 0.840. The number of nitrogens with two attached hydrogens (primary N) is 1. The van der Waals surface area contributed by atoms with Gasteiger partial charge in [0.05, 0.1) is 0 Å². The van der Waals surface area contributed by atoms with E-state index >= 15 is 0 Å². The van der Waals surface area contributed by atoms with Crippen molar-refractivity contribution in [3.8, 4) is 0 Å². The van der Waals surface area contributed by atoms with Gasteiger partial charge >= 0.3 is 6.03 Å². The van der Waals surface area contributed by atoms with Crippen molar-refractivity contribution in [3.63, 3.8) is 0 Å². The van der Waals surface area contributed by atoms with Crippen LogP contribution in [0.5, 0.6) is 0 Å². The molecule has 6 nitrogen and oxygen atoms in total. The highest BCUT2D eigenvalue weighted by Crippen LogP contribution is 2.24. The van der Waals surface area contributed by atoms with E-state index in [2.05, 4.69) is 10.2 Å². The molecular weight excluding hydrogens is 335 g/mol. The van der Waals surface area contributed by atoms with Crippen LogP contribution in [-0.2, 0) is 4.79 Å². The number of halogens is 1. The highest BCUT2D eigenvalue weighted by Gasteiger charge is 2.27. The molecule has 7 heteroatoms. The number of nitrogens with zero attached hydrogens (tertiary/aromatic N) is 2. The smallest absolute Gasteiger partial charge is 0.317 e. The first kappa shape index (κ1) is 18.5. The number of piperidine rings is 1. The van der Waals surface area contributed by atoms with Crippen molar-refractivity contribution in [3.05, 3.63) is 30.1 Å². The summed E-state index contributed by atoms with van der Waals surface area (Å²) in [5, 5.41) is 3.03. The van der Waals surface area contributed by atoms with Gasteiger partial charge in [-0.15, -0.1) is 0 Å². The van der Waals surface area contributed by atoms with Crippen molar-refractivity contribution in [1.29, 1.82) is 0 Å². The van der Waals surface area contributed by atoms with Crippen LogP contribution in [0.2, 0.25) is 0 Å². The fourth-order valence-corrected chi connectivity index (χ4v) is 3.93. The van der Waals surface area contributed by atoms with Crippen molar-refractivity contribution in [1.82, 2.24) is 10.2 Å². The zero-order valence-electron chi connectivity index (χ0n) is 15.0. The zero-order valence-corrected chi connectivity index (χ0v) is 15.0. The van der Waals surface area contributed by atoms with Gasteiger partial charge in [0.25, 0.3) is 0 Å². The Morgan fingerprint density at radius 1 is 1.12 bits per heavy atom. The summed E-state index contributed by atoms with van der Waals surface area (Å²) in [4.78, 5) is 27.5. The molecule has 0 aromatic heterocycles. The number of primary amides is 1. The highest BCUT2D eigenvalue weighted by molar-refractivity contribution is 5.75. The van der Waals surface area contributed by atoms with Crippen LogP contribution < -0.4 is 16.0 Å². The summed E-state index contributed by atoms with van der Waals surface area (Å²) in [7, 11) is 0. The fraction of sp³-hybridized carbons (Fsp3) is 0.579. The molecule has 1 aromatic carbocycles. The molecule has 0 bridgehead atoms. The second-order valence-corrected chi connectivity index (χ2v) is 7.39. The van der Waals surface area contributed by atoms with E-state index in [0.29, 0.717) is 25.4 Å². The molecule has 2 unspecified atom stereocenters. The summed E-state index contributed by atoms with van der Waals surface area (Å²) in [6.07, 6.45) is 3.20. The van der Waals surface area contributed by atoms with E-state index in [4.69, 9.17) is 5.73 Å². The molecule has 3 amide bonds. The fourth-order valence-electron chi connectivity index (χ4n) is 3.93. The van der Waals surface area contributed by atoms with Crippen LogP contribution in [0.1, 0.15) is 25.7 Å². The van der Waals surface area contributed by atoms with Crippen molar-refractivity contribution in [2.45, 2.75) is 25.7 Å². The van der Waals surface area contributed by atoms with Gasteiger partial charge in [0, 0.05) is 44.8 Å². The Morgan fingerprint density at radius 3 is 2.62 bits per heavy atom. The third-order valence-corrected chi connectivity index (χ3v) is 5.32. The molecule has 0 saturated carbocycles. The molecule has 1 aromatic rings. The minimum Gasteiger partial charge on any atom is -0.371 e. The van der Waals surface area contributed by atoms with E-state index in [1.165, 1.54) is 12.1 Å². The molecule has 2 saturated heterocycles. The van der Waals surface area contributed by atoms with Gasteiger partial charge in [-0.3, -0.25) is 4.79 Å². The van der Waals surface area contributed by atoms with Crippen LogP contribution in [0.4, 0.5) is 14.9 Å². The van der Waals surface area contributed by atoms with E-state index in [0.717, 1.165) is 44.6 Å². The average molecular weight is 362 g/mol. The largest absolute Gasteiger partial charge is 0.371 e. The predicted octanol–water partition coefficient (Wildman–Crippen LogP) is 1.95. The van der Waals surface area contributed by atoms with Crippen molar-refractivity contribution >= 4 is 17.6 Å². The number of rotatable bonds is 5. The Hall–Kier alpha value is -2.31. The van der Waals surface area contributed by atoms with Gasteiger partial charge in [0.2, 0.25) is 5.91 Å². The lowest BCUT2D eigenvalue weighted by Gasteiger charge is -2.32. The molecule has 142 valence electrons. The van der Waals surface area contributed by atoms with Crippen LogP contribution in [0.25, 0.3) is 0 Å². The summed E-state index contributed by atoms with van der Waals surface area (Å²) in [6, 6.07) is 6.48. The summed E-state index contributed by atoms with van der Waals surface area (Å²) in [5.74, 6) is 0.0275. The molecule has 2 aliphatic rings. The Labute approximate surface area is 153 Å². The number of hydrogen-bond acceptors (Lipinski definition) is 3. The number of hydrogen-bond donors (Lipinski definition) is 2. The second-order valence-electron chi connectivity index (χ2n) is 7.39. The van der Waals surface area contributed by atoms with Crippen LogP contribution in [0.15, 0.2) is 24.3 Å². The normalized spacial score (nSPS) is 23.1. The van der Waals surface area contributed by atoms with Gasteiger partial charge < -0.3 is 20.9 Å². The van der Waals surface area contributed by atoms with Gasteiger partial charge in [-0.25, -0.2) is 9.18 Å². The molecule has 3 rings (SSSR count). The van der Waals surface area contributed by atoms with Gasteiger partial charge in [-0.05, 0) is 55.4 Å². The van der Waals surface area contributed by atoms with Crippen LogP contribution in [0, 0.1) is 17.7 Å². The number of carbonyl (C=O) groups excluding carboxylic acids is 2. The molecule has 0 aliphatic carbocycles. The molecule has 3 N–H and O–H groups in total. The highest BCUT2D eigenvalue weighted by atomic mass is 19.1. The maximum atomic E-state index is 13.0. The van der Waals surface area contributed by atoms with E-state index in [1.54, 1.807) is 17.0 Å². The number of carbonyl (C=O) groups is 2. The number of nitrogens with one attached hydrogen (secondary N) is 1. The standard InChI is InChI=1S/C19H27FN4O2/c20-16-3-5-17(6-4-16)23-9-7-15(13-23)11-22-19(26)24-8-1-2-14(12-24)10-18(21)25/h3-6,14-15H,1-2,7-13H2,(H2,21,25)(H,22,26). The molecule has 2 heterocycles. The average Bonchev–Trinajstić information content (AvgIpc) is 3.09. The number of urea groups is 1. The first-order valence-corrected chi connectivity index (χ1v) is 9.33. The predicted molar refractivity (Wildman–Crippen MR) is 98.2 cm³/mol. The Bertz CT molecular complexity index is 637. The van der Waals surface area contributed by atoms with E-state index in [9.17, 15) is 14.0 Å². The lowest BCUT2D eigenvalue weighted by atomic mass is 9.95. The van der Waals surface area contributed by atoms with E-state index in [1.807, 2.05) is 0 Å². The van der Waals surface area contributed by atoms with Crippen molar-refractivity contribution < 1.29 is 14.0 Å². The SMILES string of the molecule is NC(=O)CC1CCCN(C(=O)NCC2CCN(c3ccc(F)cc3)C2)C1. The van der Waals surface area contributed by atoms with Crippen LogP contribution >= 0.6 is 0 Å². The van der Waals surface area contributed by atoms with Gasteiger partial charge in [-0.2, -0.15) is 0 Å². The van der Waals surface area contributed by atoms with Crippen molar-refractivity contribution in [2.24, 2.45) is 17.6 Å². The zero-order chi connectivity index (χ0) is 18.5. The third kappa shape index (κ3) is 4.86. The third-order valence-electron chi connectivity index (χ3n) is 5.32. The summed E-state index contributed by atoms with van der Waals surface area (Å²) in [6.45, 7) is 3.73. The van der Waals surface area contributed by atoms with E-state index < -0.39 is 0 Å². The van der Waals surface area contributed by atoms with Gasteiger partial charge in [0.15, 0.2) is 0 Å². The molecule has 2 fully saturated rings. The molecule has 0 spiro atoms. The van der Waals surface area contributed by atoms with Crippen LogP contribution in [-0.4, -0.2) is 49.6 Å². The molecule has 0 radical (unpaired) electrons. The Balaban J connectivity index is 1.43. The van der Waals surface area contributed by atoms with Crippen LogP contribution in [0.3, 0.4) is 0 Å². The molecule has 2 atom stereocenters. The molecule has 2 aliphatic heterocycles. The second kappa shape index (κ2) is 8.38. The monoisotopic (exact) mass is 362 g/mol. The summed E-state index contributed by atoms with van der Waals surface area (Å²) < 4.78 is 13.0. The lowest BCUT2D eigenvalue weighted by Crippen LogP contribution is -2.47. The topological polar surface area (TPSA) is 78.7 Å². The molecular formula is C19H27FN4O2.